The molecule has 1 N–H and O–H groups in total. The van der Waals surface area contributed by atoms with E-state index in [4.69, 9.17) is 0 Å². The van der Waals surface area contributed by atoms with Gasteiger partial charge in [-0.2, -0.15) is 0 Å². The lowest BCUT2D eigenvalue weighted by atomic mass is 9.93. The van der Waals surface area contributed by atoms with E-state index in [-0.39, 0.29) is 6.03 Å². The van der Waals surface area contributed by atoms with Gasteiger partial charge in [0.1, 0.15) is 0 Å². The van der Waals surface area contributed by atoms with Crippen molar-refractivity contribution in [3.8, 4) is 0 Å². The predicted octanol–water partition coefficient (Wildman–Crippen LogP) is 4.56. The summed E-state index contributed by atoms with van der Waals surface area (Å²) in [6, 6.07) is 6.39. The smallest absolute Gasteiger partial charge is 0.321 e. The molecule has 2 rings (SSSR count). The molecular formula is C17H26N2O. The van der Waals surface area contributed by atoms with Crippen LogP contribution in [-0.4, -0.2) is 24.0 Å². The van der Waals surface area contributed by atoms with Crippen molar-refractivity contribution in [2.24, 2.45) is 0 Å². The molecular weight excluding hydrogens is 248 g/mol. The predicted molar refractivity (Wildman–Crippen MR) is 84.4 cm³/mol. The largest absolute Gasteiger partial charge is 0.325 e. The minimum Gasteiger partial charge on any atom is -0.325 e. The van der Waals surface area contributed by atoms with Crippen LogP contribution in [-0.2, 0) is 0 Å². The van der Waals surface area contributed by atoms with Crippen LogP contribution in [0.2, 0.25) is 0 Å². The van der Waals surface area contributed by atoms with Gasteiger partial charge in [0.05, 0.1) is 0 Å². The van der Waals surface area contributed by atoms with Crippen molar-refractivity contribution in [2.45, 2.75) is 52.4 Å². The highest BCUT2D eigenvalue weighted by molar-refractivity contribution is 5.91. The first kappa shape index (κ1) is 14.9. The molecule has 0 aliphatic carbocycles. The summed E-state index contributed by atoms with van der Waals surface area (Å²) in [7, 11) is 0. The van der Waals surface area contributed by atoms with Gasteiger partial charge < -0.3 is 10.2 Å². The maximum atomic E-state index is 12.4. The van der Waals surface area contributed by atoms with Crippen LogP contribution in [0.15, 0.2) is 18.2 Å². The monoisotopic (exact) mass is 274 g/mol. The molecule has 1 aromatic carbocycles. The fraction of sp³-hybridized carbons (Fsp3) is 0.588. The van der Waals surface area contributed by atoms with Gasteiger partial charge in [-0.1, -0.05) is 45.9 Å². The fourth-order valence-electron chi connectivity index (χ4n) is 2.80. The van der Waals surface area contributed by atoms with E-state index >= 15 is 0 Å². The third kappa shape index (κ3) is 3.14. The van der Waals surface area contributed by atoms with Gasteiger partial charge in [-0.25, -0.2) is 4.79 Å². The molecule has 1 aromatic rings. The van der Waals surface area contributed by atoms with Crippen LogP contribution in [0, 0.1) is 0 Å². The van der Waals surface area contributed by atoms with E-state index in [1.807, 2.05) is 4.90 Å². The normalized spacial score (nSPS) is 15.2. The highest BCUT2D eigenvalue weighted by atomic mass is 16.2. The minimum absolute atomic E-state index is 0.0532. The molecule has 1 aliphatic rings. The molecule has 0 radical (unpaired) electrons. The van der Waals surface area contributed by atoms with Crippen LogP contribution in [0.3, 0.4) is 0 Å². The summed E-state index contributed by atoms with van der Waals surface area (Å²) in [5.41, 5.74) is 3.47. The zero-order valence-corrected chi connectivity index (χ0v) is 13.1. The highest BCUT2D eigenvalue weighted by Crippen LogP contribution is 2.32. The molecule has 1 aliphatic heterocycles. The lowest BCUT2D eigenvalue weighted by Gasteiger charge is -2.23. The Morgan fingerprint density at radius 3 is 2.00 bits per heavy atom. The van der Waals surface area contributed by atoms with E-state index in [1.165, 1.54) is 11.1 Å². The number of carbonyl (C=O) groups is 1. The average molecular weight is 274 g/mol. The maximum absolute atomic E-state index is 12.4. The second-order valence-electron chi connectivity index (χ2n) is 6.25. The summed E-state index contributed by atoms with van der Waals surface area (Å²) in [4.78, 5) is 14.3. The Balaban J connectivity index is 2.30. The Morgan fingerprint density at radius 1 is 1.05 bits per heavy atom. The molecule has 0 aromatic heterocycles. The van der Waals surface area contributed by atoms with Crippen molar-refractivity contribution in [3.63, 3.8) is 0 Å². The van der Waals surface area contributed by atoms with Crippen molar-refractivity contribution in [2.75, 3.05) is 18.4 Å². The SMILES string of the molecule is CC(C)c1cccc(C(C)C)c1NC(=O)N1CCCC1. The lowest BCUT2D eigenvalue weighted by Crippen LogP contribution is -2.33. The molecule has 1 saturated heterocycles. The van der Waals surface area contributed by atoms with Crippen LogP contribution < -0.4 is 5.32 Å². The van der Waals surface area contributed by atoms with Crippen LogP contribution in [0.25, 0.3) is 0 Å². The molecule has 3 heteroatoms. The van der Waals surface area contributed by atoms with E-state index in [1.54, 1.807) is 0 Å². The Morgan fingerprint density at radius 2 is 1.55 bits per heavy atom. The lowest BCUT2D eigenvalue weighted by molar-refractivity contribution is 0.222. The molecule has 0 unspecified atom stereocenters. The number of rotatable bonds is 3. The molecule has 1 fully saturated rings. The van der Waals surface area contributed by atoms with Crippen LogP contribution in [0.4, 0.5) is 10.5 Å². The molecule has 0 bridgehead atoms. The average Bonchev–Trinajstić information content (AvgIpc) is 2.92. The zero-order valence-electron chi connectivity index (χ0n) is 13.1. The number of hydrogen-bond donors (Lipinski definition) is 1. The second-order valence-corrected chi connectivity index (χ2v) is 6.25. The molecule has 3 nitrogen and oxygen atoms in total. The number of likely N-dealkylation sites (tertiary alicyclic amines) is 1. The van der Waals surface area contributed by atoms with Crippen LogP contribution >= 0.6 is 0 Å². The Labute approximate surface area is 122 Å². The quantitative estimate of drug-likeness (QED) is 0.861. The van der Waals surface area contributed by atoms with Gasteiger partial charge >= 0.3 is 6.03 Å². The number of nitrogens with one attached hydrogen (secondary N) is 1. The van der Waals surface area contributed by atoms with Gasteiger partial charge in [0.15, 0.2) is 0 Å². The number of hydrogen-bond acceptors (Lipinski definition) is 1. The van der Waals surface area contributed by atoms with Gasteiger partial charge in [-0.3, -0.25) is 0 Å². The zero-order chi connectivity index (χ0) is 14.7. The van der Waals surface area contributed by atoms with Gasteiger partial charge in [-0.15, -0.1) is 0 Å². The number of nitrogens with zero attached hydrogens (tertiary/aromatic N) is 1. The second kappa shape index (κ2) is 6.29. The van der Waals surface area contributed by atoms with Crippen molar-refractivity contribution in [3.05, 3.63) is 29.3 Å². The topological polar surface area (TPSA) is 32.3 Å². The molecule has 20 heavy (non-hydrogen) atoms. The van der Waals surface area contributed by atoms with E-state index < -0.39 is 0 Å². The number of anilines is 1. The Kier molecular flexibility index (Phi) is 4.69. The van der Waals surface area contributed by atoms with E-state index in [9.17, 15) is 4.79 Å². The summed E-state index contributed by atoms with van der Waals surface area (Å²) >= 11 is 0. The minimum atomic E-state index is 0.0532. The van der Waals surface area contributed by atoms with Crippen LogP contribution in [0.5, 0.6) is 0 Å². The van der Waals surface area contributed by atoms with E-state index in [0.29, 0.717) is 11.8 Å². The van der Waals surface area contributed by atoms with Gasteiger partial charge in [-0.05, 0) is 35.8 Å². The Hall–Kier alpha value is -1.51. The van der Waals surface area contributed by atoms with Gasteiger partial charge in [0, 0.05) is 18.8 Å². The first-order valence-electron chi connectivity index (χ1n) is 7.69. The van der Waals surface area contributed by atoms with E-state index in [2.05, 4.69) is 51.2 Å². The fourth-order valence-corrected chi connectivity index (χ4v) is 2.80. The summed E-state index contributed by atoms with van der Waals surface area (Å²) < 4.78 is 0. The van der Waals surface area contributed by atoms with Gasteiger partial charge in [0.25, 0.3) is 0 Å². The number of carbonyl (C=O) groups excluding carboxylic acids is 1. The molecule has 0 saturated carbocycles. The highest BCUT2D eigenvalue weighted by Gasteiger charge is 2.21. The van der Waals surface area contributed by atoms with Crippen molar-refractivity contribution in [1.29, 1.82) is 0 Å². The standard InChI is InChI=1S/C17H26N2O/c1-12(2)14-8-7-9-15(13(3)4)16(14)18-17(20)19-10-5-6-11-19/h7-9,12-13H,5-6,10-11H2,1-4H3,(H,18,20). The number of benzene rings is 1. The summed E-state index contributed by atoms with van der Waals surface area (Å²) in [5, 5.41) is 3.17. The maximum Gasteiger partial charge on any atom is 0.321 e. The molecule has 2 amide bonds. The molecule has 110 valence electrons. The van der Waals surface area contributed by atoms with Crippen molar-refractivity contribution < 1.29 is 4.79 Å². The van der Waals surface area contributed by atoms with Gasteiger partial charge in [0.2, 0.25) is 0 Å². The molecule has 0 atom stereocenters. The summed E-state index contributed by atoms with van der Waals surface area (Å²) in [6.07, 6.45) is 2.24. The third-order valence-electron chi connectivity index (χ3n) is 4.00. The number of amides is 2. The molecule has 0 spiro atoms. The number of para-hydroxylation sites is 1. The third-order valence-corrected chi connectivity index (χ3v) is 4.00. The molecule has 1 heterocycles. The van der Waals surface area contributed by atoms with E-state index in [0.717, 1.165) is 31.6 Å². The van der Waals surface area contributed by atoms with Crippen molar-refractivity contribution >= 4 is 11.7 Å². The first-order valence-corrected chi connectivity index (χ1v) is 7.69. The van der Waals surface area contributed by atoms with Crippen LogP contribution in [0.1, 0.15) is 63.5 Å². The number of urea groups is 1. The first-order chi connectivity index (χ1) is 9.50. The van der Waals surface area contributed by atoms with Crippen molar-refractivity contribution in [1.82, 2.24) is 4.90 Å². The summed E-state index contributed by atoms with van der Waals surface area (Å²) in [6.45, 7) is 10.4. The Bertz CT molecular complexity index is 448. The summed E-state index contributed by atoms with van der Waals surface area (Å²) in [5.74, 6) is 0.810.